The summed E-state index contributed by atoms with van der Waals surface area (Å²) in [5, 5.41) is 13.0. The van der Waals surface area contributed by atoms with Gasteiger partial charge in [-0.05, 0) is 32.9 Å². The first-order chi connectivity index (χ1) is 7.78. The Balaban J connectivity index is 2.74. The van der Waals surface area contributed by atoms with E-state index in [0.29, 0.717) is 5.56 Å². The van der Waals surface area contributed by atoms with Crippen molar-refractivity contribution in [1.29, 1.82) is 0 Å². The Kier molecular flexibility index (Phi) is 4.07. The van der Waals surface area contributed by atoms with Gasteiger partial charge in [0, 0.05) is 21.9 Å². The van der Waals surface area contributed by atoms with Crippen molar-refractivity contribution in [2.24, 2.45) is 0 Å². The number of hydrogen-bond acceptors (Lipinski definition) is 3. The summed E-state index contributed by atoms with van der Waals surface area (Å²) in [4.78, 5) is 22.8. The molecule has 0 unspecified atom stereocenters. The Labute approximate surface area is 104 Å². The van der Waals surface area contributed by atoms with E-state index in [1.807, 2.05) is 20.8 Å². The molecule has 0 aromatic carbocycles. The van der Waals surface area contributed by atoms with Gasteiger partial charge in [-0.25, -0.2) is 4.79 Å². The predicted molar refractivity (Wildman–Crippen MR) is 68.2 cm³/mol. The molecule has 1 rings (SSSR count). The summed E-state index contributed by atoms with van der Waals surface area (Å²) in [7, 11) is 0. The highest BCUT2D eigenvalue weighted by Crippen LogP contribution is 2.17. The summed E-state index contributed by atoms with van der Waals surface area (Å²) < 4.78 is 0. The van der Waals surface area contributed by atoms with E-state index >= 15 is 0 Å². The molecule has 0 aliphatic heterocycles. The van der Waals surface area contributed by atoms with Crippen LogP contribution in [0.4, 0.5) is 0 Å². The predicted octanol–water partition coefficient (Wildman–Crippen LogP) is 2.37. The maximum Gasteiger partial charge on any atom is 0.328 e. The Morgan fingerprint density at radius 3 is 2.59 bits per heavy atom. The maximum atomic E-state index is 11.8. The Hall–Kier alpha value is -1.62. The van der Waals surface area contributed by atoms with Gasteiger partial charge in [-0.2, -0.15) is 0 Å². The van der Waals surface area contributed by atoms with Crippen molar-refractivity contribution in [2.75, 3.05) is 0 Å². The highest BCUT2D eigenvalue weighted by atomic mass is 32.1. The lowest BCUT2D eigenvalue weighted by molar-refractivity contribution is -0.131. The van der Waals surface area contributed by atoms with Crippen LogP contribution >= 0.6 is 11.3 Å². The van der Waals surface area contributed by atoms with Gasteiger partial charge in [0.25, 0.3) is 5.91 Å². The van der Waals surface area contributed by atoms with Crippen molar-refractivity contribution in [2.45, 2.75) is 26.3 Å². The largest absolute Gasteiger partial charge is 0.478 e. The fraction of sp³-hybridized carbons (Fsp3) is 0.333. The van der Waals surface area contributed by atoms with Crippen molar-refractivity contribution in [3.05, 3.63) is 28.0 Å². The van der Waals surface area contributed by atoms with Gasteiger partial charge in [0.1, 0.15) is 0 Å². The lowest BCUT2D eigenvalue weighted by Crippen LogP contribution is -2.40. The second-order valence-corrected chi connectivity index (χ2v) is 5.56. The van der Waals surface area contributed by atoms with Crippen LogP contribution in [0.5, 0.6) is 0 Å². The standard InChI is InChI=1S/C12H15NO3S/c1-12(2,3)13-11(16)8-6-9(17-7-8)4-5-10(14)15/h4-7H,1-3H3,(H,13,16)(H,14,15). The molecular formula is C12H15NO3S. The number of carbonyl (C=O) groups is 2. The number of carbonyl (C=O) groups excluding carboxylic acids is 1. The van der Waals surface area contributed by atoms with Crippen LogP contribution in [0.3, 0.4) is 0 Å². The molecule has 0 bridgehead atoms. The molecule has 5 heteroatoms. The second kappa shape index (κ2) is 5.14. The van der Waals surface area contributed by atoms with Crippen LogP contribution in [0, 0.1) is 0 Å². The minimum absolute atomic E-state index is 0.149. The van der Waals surface area contributed by atoms with E-state index in [9.17, 15) is 9.59 Å². The summed E-state index contributed by atoms with van der Waals surface area (Å²) in [5.41, 5.74) is 0.269. The minimum Gasteiger partial charge on any atom is -0.478 e. The molecule has 0 radical (unpaired) electrons. The zero-order valence-corrected chi connectivity index (χ0v) is 10.8. The summed E-state index contributed by atoms with van der Waals surface area (Å²) in [6.07, 6.45) is 2.53. The highest BCUT2D eigenvalue weighted by molar-refractivity contribution is 7.11. The molecule has 1 heterocycles. The molecule has 0 aliphatic carbocycles. The third-order valence-corrected chi connectivity index (χ3v) is 2.66. The number of amides is 1. The third kappa shape index (κ3) is 4.82. The molecule has 1 amide bonds. The summed E-state index contributed by atoms with van der Waals surface area (Å²) in [6.45, 7) is 5.72. The van der Waals surface area contributed by atoms with Gasteiger partial charge >= 0.3 is 5.97 Å². The number of carboxylic acids is 1. The van der Waals surface area contributed by atoms with Gasteiger partial charge in [-0.3, -0.25) is 4.79 Å². The molecule has 0 atom stereocenters. The van der Waals surface area contributed by atoms with Crippen LogP contribution in [0.25, 0.3) is 6.08 Å². The quantitative estimate of drug-likeness (QED) is 0.813. The van der Waals surface area contributed by atoms with Gasteiger partial charge < -0.3 is 10.4 Å². The van der Waals surface area contributed by atoms with Gasteiger partial charge in [0.05, 0.1) is 5.56 Å². The van der Waals surface area contributed by atoms with Crippen molar-refractivity contribution in [3.8, 4) is 0 Å². The zero-order chi connectivity index (χ0) is 13.1. The monoisotopic (exact) mass is 253 g/mol. The van der Waals surface area contributed by atoms with E-state index in [0.717, 1.165) is 11.0 Å². The first kappa shape index (κ1) is 13.4. The van der Waals surface area contributed by atoms with Crippen LogP contribution < -0.4 is 5.32 Å². The summed E-state index contributed by atoms with van der Waals surface area (Å²) >= 11 is 1.33. The minimum atomic E-state index is -1.00. The van der Waals surface area contributed by atoms with Gasteiger partial charge in [-0.1, -0.05) is 0 Å². The van der Waals surface area contributed by atoms with E-state index in [1.54, 1.807) is 11.4 Å². The van der Waals surface area contributed by atoms with Gasteiger partial charge in [0.15, 0.2) is 0 Å². The number of carboxylic acid groups (broad SMARTS) is 1. The first-order valence-corrected chi connectivity index (χ1v) is 5.98. The molecule has 1 aromatic rings. The number of thiophene rings is 1. The summed E-state index contributed by atoms with van der Waals surface area (Å²) in [6, 6.07) is 1.67. The maximum absolute atomic E-state index is 11.8. The molecule has 4 nitrogen and oxygen atoms in total. The molecule has 0 saturated heterocycles. The number of aliphatic carboxylic acids is 1. The summed E-state index contributed by atoms with van der Waals surface area (Å²) in [5.74, 6) is -1.15. The molecule has 0 fully saturated rings. The van der Waals surface area contributed by atoms with Crippen LogP contribution in [-0.2, 0) is 4.79 Å². The molecule has 2 N–H and O–H groups in total. The van der Waals surface area contributed by atoms with Crippen LogP contribution in [0.1, 0.15) is 36.0 Å². The molecule has 0 saturated carbocycles. The molecule has 0 aliphatic rings. The van der Waals surface area contributed by atoms with Crippen molar-refractivity contribution in [1.82, 2.24) is 5.32 Å². The fourth-order valence-corrected chi connectivity index (χ4v) is 1.91. The van der Waals surface area contributed by atoms with Gasteiger partial charge in [-0.15, -0.1) is 11.3 Å². The van der Waals surface area contributed by atoms with Crippen LogP contribution in [0.15, 0.2) is 17.5 Å². The lowest BCUT2D eigenvalue weighted by Gasteiger charge is -2.19. The lowest BCUT2D eigenvalue weighted by atomic mass is 10.1. The number of rotatable bonds is 3. The van der Waals surface area contributed by atoms with Crippen molar-refractivity contribution < 1.29 is 14.7 Å². The van der Waals surface area contributed by atoms with E-state index < -0.39 is 5.97 Å². The SMILES string of the molecule is CC(C)(C)NC(=O)c1csc(C=CC(=O)O)c1. The van der Waals surface area contributed by atoms with E-state index in [1.165, 1.54) is 17.4 Å². The van der Waals surface area contributed by atoms with Crippen molar-refractivity contribution >= 4 is 29.3 Å². The third-order valence-electron chi connectivity index (χ3n) is 1.76. The van der Waals surface area contributed by atoms with E-state index in [-0.39, 0.29) is 11.4 Å². The van der Waals surface area contributed by atoms with E-state index in [4.69, 9.17) is 5.11 Å². The molecule has 0 spiro atoms. The average Bonchev–Trinajstić information content (AvgIpc) is 2.60. The Morgan fingerprint density at radius 1 is 1.41 bits per heavy atom. The van der Waals surface area contributed by atoms with Crippen LogP contribution in [0.2, 0.25) is 0 Å². The smallest absolute Gasteiger partial charge is 0.328 e. The first-order valence-electron chi connectivity index (χ1n) is 5.10. The molecule has 17 heavy (non-hydrogen) atoms. The molecular weight excluding hydrogens is 238 g/mol. The molecule has 1 aromatic heterocycles. The fourth-order valence-electron chi connectivity index (χ4n) is 1.13. The topological polar surface area (TPSA) is 66.4 Å². The second-order valence-electron chi connectivity index (χ2n) is 4.61. The Bertz CT molecular complexity index is 455. The van der Waals surface area contributed by atoms with Crippen molar-refractivity contribution in [3.63, 3.8) is 0 Å². The molecule has 92 valence electrons. The Morgan fingerprint density at radius 2 is 2.06 bits per heavy atom. The highest BCUT2D eigenvalue weighted by Gasteiger charge is 2.15. The zero-order valence-electron chi connectivity index (χ0n) is 9.98. The number of nitrogens with one attached hydrogen (secondary N) is 1. The average molecular weight is 253 g/mol. The van der Waals surface area contributed by atoms with E-state index in [2.05, 4.69) is 5.32 Å². The normalized spacial score (nSPS) is 11.7. The van der Waals surface area contributed by atoms with Crippen LogP contribution in [-0.4, -0.2) is 22.5 Å². The number of hydrogen-bond donors (Lipinski definition) is 2. The van der Waals surface area contributed by atoms with Gasteiger partial charge in [0.2, 0.25) is 0 Å².